The fraction of sp³-hybridized carbons (Fsp3) is 0.143. The molecular weight excluding hydrogens is 212 g/mol. The summed E-state index contributed by atoms with van der Waals surface area (Å²) in [6, 6.07) is 16.7. The average Bonchev–Trinajstić information content (AvgIpc) is 2.40. The number of benzene rings is 2. The van der Waals surface area contributed by atoms with E-state index in [9.17, 15) is 0 Å². The molecule has 0 saturated heterocycles. The first-order valence-corrected chi connectivity index (χ1v) is 5.48. The molecule has 2 aromatic rings. The van der Waals surface area contributed by atoms with E-state index in [0.717, 1.165) is 11.1 Å². The van der Waals surface area contributed by atoms with Crippen LogP contribution in [0.5, 0.6) is 5.75 Å². The maximum absolute atomic E-state index is 8.63. The molecule has 17 heavy (non-hydrogen) atoms. The number of hydrogen-bond donors (Lipinski definition) is 3. The van der Waals surface area contributed by atoms with E-state index in [1.165, 1.54) is 0 Å². The van der Waals surface area contributed by atoms with Crippen molar-refractivity contribution in [3.63, 3.8) is 0 Å². The summed E-state index contributed by atoms with van der Waals surface area (Å²) in [4.78, 5) is 0. The quantitative estimate of drug-likeness (QED) is 0.738. The first kappa shape index (κ1) is 13.2. The fourth-order valence-electron chi connectivity index (χ4n) is 1.31. The maximum Gasteiger partial charge on any atom is 0.115 e. The minimum Gasteiger partial charge on any atom is -0.508 e. The Hall–Kier alpha value is -1.84. The largest absolute Gasteiger partial charge is 0.508 e. The van der Waals surface area contributed by atoms with Gasteiger partial charge in [-0.3, -0.25) is 0 Å². The summed E-state index contributed by atoms with van der Waals surface area (Å²) in [6.45, 7) is 1.18. The third-order valence-electron chi connectivity index (χ3n) is 2.22. The molecule has 0 aliphatic carbocycles. The molecule has 0 heterocycles. The van der Waals surface area contributed by atoms with Gasteiger partial charge in [-0.25, -0.2) is 0 Å². The second-order valence-electron chi connectivity index (χ2n) is 3.56. The third kappa shape index (κ3) is 5.15. The second kappa shape index (κ2) is 7.44. The molecule has 0 atom stereocenters. The monoisotopic (exact) mass is 230 g/mol. The molecule has 0 aliphatic rings. The summed E-state index contributed by atoms with van der Waals surface area (Å²) >= 11 is 0. The first-order chi connectivity index (χ1) is 8.26. The predicted octanol–water partition coefficient (Wildman–Crippen LogP) is 2.00. The van der Waals surface area contributed by atoms with Crippen LogP contribution in [0.15, 0.2) is 54.6 Å². The van der Waals surface area contributed by atoms with Crippen molar-refractivity contribution < 1.29 is 5.11 Å². The van der Waals surface area contributed by atoms with Gasteiger partial charge < -0.3 is 16.6 Å². The average molecular weight is 230 g/mol. The summed E-state index contributed by atoms with van der Waals surface area (Å²) in [5.74, 6) is 0.322. The number of nitrogens with two attached hydrogens (primary N) is 2. The molecule has 5 N–H and O–H groups in total. The topological polar surface area (TPSA) is 72.3 Å². The third-order valence-corrected chi connectivity index (χ3v) is 2.22. The highest BCUT2D eigenvalue weighted by molar-refractivity contribution is 5.22. The van der Waals surface area contributed by atoms with Crippen LogP contribution < -0.4 is 11.5 Å². The second-order valence-corrected chi connectivity index (χ2v) is 3.56. The molecule has 3 heteroatoms. The Balaban J connectivity index is 0.000000181. The lowest BCUT2D eigenvalue weighted by molar-refractivity contribution is 0.475. The Bertz CT molecular complexity index is 410. The van der Waals surface area contributed by atoms with Crippen LogP contribution in [-0.4, -0.2) is 5.11 Å². The molecule has 0 saturated carbocycles. The molecule has 0 spiro atoms. The predicted molar refractivity (Wildman–Crippen MR) is 70.3 cm³/mol. The van der Waals surface area contributed by atoms with Gasteiger partial charge in [0.2, 0.25) is 0 Å². The van der Waals surface area contributed by atoms with Gasteiger partial charge in [-0.05, 0) is 23.3 Å². The lowest BCUT2D eigenvalue weighted by Crippen LogP contribution is -2.00. The molecule has 0 amide bonds. The standard InChI is InChI=1S/C8H12N2.C6H6O/c9-5-7-2-1-3-8(4-7)6-10;7-6-4-2-1-3-5-6/h1-4H,5-6,9-10H2;1-5,7H. The SMILES string of the molecule is NCc1cccc(CN)c1.Oc1ccccc1. The number of para-hydroxylation sites is 1. The lowest BCUT2D eigenvalue weighted by atomic mass is 10.1. The Morgan fingerprint density at radius 2 is 1.29 bits per heavy atom. The van der Waals surface area contributed by atoms with Gasteiger partial charge in [0.15, 0.2) is 0 Å². The van der Waals surface area contributed by atoms with E-state index in [1.54, 1.807) is 24.3 Å². The maximum atomic E-state index is 8.63. The fourth-order valence-corrected chi connectivity index (χ4v) is 1.31. The van der Waals surface area contributed by atoms with Crippen molar-refractivity contribution in [3.8, 4) is 5.75 Å². The van der Waals surface area contributed by atoms with Gasteiger partial charge in [0.25, 0.3) is 0 Å². The summed E-state index contributed by atoms with van der Waals surface area (Å²) in [7, 11) is 0. The van der Waals surface area contributed by atoms with Gasteiger partial charge in [0.1, 0.15) is 5.75 Å². The number of hydrogen-bond acceptors (Lipinski definition) is 3. The molecule has 0 unspecified atom stereocenters. The van der Waals surface area contributed by atoms with Crippen LogP contribution in [-0.2, 0) is 13.1 Å². The molecule has 3 nitrogen and oxygen atoms in total. The Morgan fingerprint density at radius 3 is 1.65 bits per heavy atom. The van der Waals surface area contributed by atoms with E-state index >= 15 is 0 Å². The normalized spacial score (nSPS) is 9.29. The van der Waals surface area contributed by atoms with Crippen molar-refractivity contribution >= 4 is 0 Å². The Kier molecular flexibility index (Phi) is 5.79. The zero-order valence-electron chi connectivity index (χ0n) is 9.71. The van der Waals surface area contributed by atoms with E-state index in [4.69, 9.17) is 16.6 Å². The van der Waals surface area contributed by atoms with Crippen LogP contribution in [0.25, 0.3) is 0 Å². The summed E-state index contributed by atoms with van der Waals surface area (Å²) < 4.78 is 0. The Labute approximate surface area is 102 Å². The number of rotatable bonds is 2. The smallest absolute Gasteiger partial charge is 0.115 e. The molecular formula is C14H18N2O. The number of phenols is 1. The highest BCUT2D eigenvalue weighted by Crippen LogP contribution is 2.03. The summed E-state index contributed by atoms with van der Waals surface area (Å²) in [5, 5.41) is 8.63. The molecule has 0 aromatic heterocycles. The van der Waals surface area contributed by atoms with Crippen LogP contribution in [0.4, 0.5) is 0 Å². The summed E-state index contributed by atoms with van der Waals surface area (Å²) in [5.41, 5.74) is 13.1. The van der Waals surface area contributed by atoms with Crippen LogP contribution in [0.3, 0.4) is 0 Å². The lowest BCUT2D eigenvalue weighted by Gasteiger charge is -1.98. The molecule has 90 valence electrons. The van der Waals surface area contributed by atoms with Gasteiger partial charge >= 0.3 is 0 Å². The van der Waals surface area contributed by atoms with Gasteiger partial charge in [-0.2, -0.15) is 0 Å². The van der Waals surface area contributed by atoms with Crippen molar-refractivity contribution in [1.82, 2.24) is 0 Å². The highest BCUT2D eigenvalue weighted by atomic mass is 16.3. The van der Waals surface area contributed by atoms with Crippen LogP contribution >= 0.6 is 0 Å². The molecule has 2 aromatic carbocycles. The minimum atomic E-state index is 0.322. The van der Waals surface area contributed by atoms with Gasteiger partial charge in [-0.15, -0.1) is 0 Å². The first-order valence-electron chi connectivity index (χ1n) is 5.48. The number of phenolic OH excluding ortho intramolecular Hbond substituents is 1. The van der Waals surface area contributed by atoms with Crippen LogP contribution in [0, 0.1) is 0 Å². The van der Waals surface area contributed by atoms with E-state index in [1.807, 2.05) is 30.3 Å². The van der Waals surface area contributed by atoms with E-state index in [2.05, 4.69) is 0 Å². The van der Waals surface area contributed by atoms with Gasteiger partial charge in [0.05, 0.1) is 0 Å². The molecule has 0 fully saturated rings. The van der Waals surface area contributed by atoms with Crippen molar-refractivity contribution in [2.75, 3.05) is 0 Å². The van der Waals surface area contributed by atoms with E-state index in [-0.39, 0.29) is 0 Å². The molecule has 0 aliphatic heterocycles. The van der Waals surface area contributed by atoms with E-state index < -0.39 is 0 Å². The molecule has 0 radical (unpaired) electrons. The zero-order valence-corrected chi connectivity index (χ0v) is 9.71. The van der Waals surface area contributed by atoms with Crippen LogP contribution in [0.1, 0.15) is 11.1 Å². The Morgan fingerprint density at radius 1 is 0.765 bits per heavy atom. The van der Waals surface area contributed by atoms with Crippen molar-refractivity contribution in [2.45, 2.75) is 13.1 Å². The van der Waals surface area contributed by atoms with Crippen molar-refractivity contribution in [2.24, 2.45) is 11.5 Å². The number of aromatic hydroxyl groups is 1. The molecule has 0 bridgehead atoms. The summed E-state index contributed by atoms with van der Waals surface area (Å²) in [6.07, 6.45) is 0. The van der Waals surface area contributed by atoms with Crippen molar-refractivity contribution in [1.29, 1.82) is 0 Å². The minimum absolute atomic E-state index is 0.322. The molecule has 2 rings (SSSR count). The van der Waals surface area contributed by atoms with Crippen LogP contribution in [0.2, 0.25) is 0 Å². The van der Waals surface area contributed by atoms with Gasteiger partial charge in [0, 0.05) is 13.1 Å². The highest BCUT2D eigenvalue weighted by Gasteiger charge is 1.89. The van der Waals surface area contributed by atoms with Gasteiger partial charge in [-0.1, -0.05) is 42.5 Å². The zero-order chi connectivity index (χ0) is 12.5. The van der Waals surface area contributed by atoms with Crippen molar-refractivity contribution in [3.05, 3.63) is 65.7 Å². The van der Waals surface area contributed by atoms with E-state index in [0.29, 0.717) is 18.8 Å².